The molecule has 0 bridgehead atoms. The molecule has 21 heavy (non-hydrogen) atoms. The van der Waals surface area contributed by atoms with Crippen molar-refractivity contribution in [3.63, 3.8) is 0 Å². The Kier molecular flexibility index (Phi) is 7.10. The predicted octanol–water partition coefficient (Wildman–Crippen LogP) is 3.36. The van der Waals surface area contributed by atoms with Crippen molar-refractivity contribution in [2.45, 2.75) is 39.0 Å². The molecule has 0 saturated carbocycles. The van der Waals surface area contributed by atoms with Gasteiger partial charge in [0.2, 0.25) is 0 Å². The standard InChI is InChI=1S/C13H19N3O5/c1-2-3-4-5-6-9-14-21-11-7-8-12(15(17)18)13(10-11)16(19)20/h7-8,10,14H,2-6,9H2,1H3. The van der Waals surface area contributed by atoms with Crippen LogP contribution in [0.3, 0.4) is 0 Å². The van der Waals surface area contributed by atoms with Crippen LogP contribution in [-0.4, -0.2) is 16.4 Å². The monoisotopic (exact) mass is 297 g/mol. The van der Waals surface area contributed by atoms with Gasteiger partial charge in [0, 0.05) is 12.6 Å². The molecule has 0 saturated heterocycles. The van der Waals surface area contributed by atoms with Crippen LogP contribution in [0.2, 0.25) is 0 Å². The Labute approximate surface area is 122 Å². The third-order valence-corrected chi connectivity index (χ3v) is 2.91. The summed E-state index contributed by atoms with van der Waals surface area (Å²) in [4.78, 5) is 25.0. The van der Waals surface area contributed by atoms with E-state index in [-0.39, 0.29) is 5.75 Å². The van der Waals surface area contributed by atoms with Gasteiger partial charge in [-0.3, -0.25) is 20.2 Å². The molecule has 0 spiro atoms. The van der Waals surface area contributed by atoms with Gasteiger partial charge in [-0.15, -0.1) is 0 Å². The fourth-order valence-electron chi connectivity index (χ4n) is 1.80. The lowest BCUT2D eigenvalue weighted by molar-refractivity contribution is -0.422. The topological polar surface area (TPSA) is 108 Å². The van der Waals surface area contributed by atoms with Gasteiger partial charge in [-0.1, -0.05) is 32.6 Å². The second-order valence-electron chi connectivity index (χ2n) is 4.58. The number of rotatable bonds is 10. The van der Waals surface area contributed by atoms with Crippen LogP contribution >= 0.6 is 0 Å². The molecule has 0 unspecified atom stereocenters. The minimum atomic E-state index is -0.796. The van der Waals surface area contributed by atoms with E-state index in [9.17, 15) is 20.2 Å². The number of nitro groups is 2. The zero-order chi connectivity index (χ0) is 15.7. The van der Waals surface area contributed by atoms with Crippen molar-refractivity contribution < 1.29 is 14.7 Å². The average Bonchev–Trinajstić information content (AvgIpc) is 2.46. The van der Waals surface area contributed by atoms with Crippen LogP contribution in [0.5, 0.6) is 5.75 Å². The Morgan fingerprint density at radius 2 is 1.71 bits per heavy atom. The van der Waals surface area contributed by atoms with Crippen LogP contribution in [0.25, 0.3) is 0 Å². The van der Waals surface area contributed by atoms with Gasteiger partial charge in [0.25, 0.3) is 0 Å². The molecule has 0 aliphatic carbocycles. The summed E-state index contributed by atoms with van der Waals surface area (Å²) < 4.78 is 0. The second kappa shape index (κ2) is 8.85. The van der Waals surface area contributed by atoms with Crippen LogP contribution in [0.1, 0.15) is 39.0 Å². The van der Waals surface area contributed by atoms with Crippen molar-refractivity contribution in [2.75, 3.05) is 6.54 Å². The Balaban J connectivity index is 2.47. The first kappa shape index (κ1) is 16.8. The molecular weight excluding hydrogens is 278 g/mol. The normalized spacial score (nSPS) is 10.3. The van der Waals surface area contributed by atoms with Crippen molar-refractivity contribution >= 4 is 11.4 Å². The van der Waals surface area contributed by atoms with Crippen molar-refractivity contribution in [3.05, 3.63) is 38.4 Å². The highest BCUT2D eigenvalue weighted by Crippen LogP contribution is 2.30. The summed E-state index contributed by atoms with van der Waals surface area (Å²) in [5, 5.41) is 21.4. The number of nitrogens with zero attached hydrogens (tertiary/aromatic N) is 2. The van der Waals surface area contributed by atoms with Gasteiger partial charge in [-0.25, -0.2) is 0 Å². The van der Waals surface area contributed by atoms with Gasteiger partial charge in [-0.2, -0.15) is 5.48 Å². The maximum Gasteiger partial charge on any atom is 0.349 e. The molecule has 0 radical (unpaired) electrons. The van der Waals surface area contributed by atoms with E-state index in [1.807, 2.05) is 0 Å². The van der Waals surface area contributed by atoms with Crippen molar-refractivity contribution in [3.8, 4) is 5.75 Å². The van der Waals surface area contributed by atoms with E-state index in [2.05, 4.69) is 12.4 Å². The molecule has 1 aromatic rings. The van der Waals surface area contributed by atoms with E-state index >= 15 is 0 Å². The quantitative estimate of drug-likeness (QED) is 0.403. The molecule has 0 aliphatic heterocycles. The predicted molar refractivity (Wildman–Crippen MR) is 77.1 cm³/mol. The van der Waals surface area contributed by atoms with Crippen molar-refractivity contribution in [1.29, 1.82) is 0 Å². The number of benzene rings is 1. The van der Waals surface area contributed by atoms with Gasteiger partial charge in [-0.05, 0) is 12.5 Å². The Morgan fingerprint density at radius 1 is 1.05 bits per heavy atom. The van der Waals surface area contributed by atoms with Crippen LogP contribution in [0.4, 0.5) is 11.4 Å². The summed E-state index contributed by atoms with van der Waals surface area (Å²) in [6.07, 6.45) is 5.58. The summed E-state index contributed by atoms with van der Waals surface area (Å²) >= 11 is 0. The summed E-state index contributed by atoms with van der Waals surface area (Å²) in [5.41, 5.74) is 1.57. The summed E-state index contributed by atoms with van der Waals surface area (Å²) in [6.45, 7) is 2.76. The SMILES string of the molecule is CCCCCCCNOc1ccc([N+](=O)[O-])c([N+](=O)[O-])c1. The summed E-state index contributed by atoms with van der Waals surface area (Å²) in [7, 11) is 0. The van der Waals surface area contributed by atoms with E-state index in [1.54, 1.807) is 0 Å². The van der Waals surface area contributed by atoms with Gasteiger partial charge in [0.15, 0.2) is 5.75 Å². The zero-order valence-corrected chi connectivity index (χ0v) is 11.9. The minimum absolute atomic E-state index is 0.181. The second-order valence-corrected chi connectivity index (χ2v) is 4.58. The van der Waals surface area contributed by atoms with Crippen LogP contribution in [0, 0.1) is 20.2 Å². The largest absolute Gasteiger partial charge is 0.408 e. The van der Waals surface area contributed by atoms with Crippen LogP contribution in [0.15, 0.2) is 18.2 Å². The van der Waals surface area contributed by atoms with Crippen LogP contribution in [-0.2, 0) is 0 Å². The summed E-state index contributed by atoms with van der Waals surface area (Å²) in [5.74, 6) is 0.181. The lowest BCUT2D eigenvalue weighted by Gasteiger charge is -2.07. The van der Waals surface area contributed by atoms with Gasteiger partial charge in [0.05, 0.1) is 15.9 Å². The Hall–Kier alpha value is -2.22. The number of nitrogens with one attached hydrogen (secondary N) is 1. The maximum absolute atomic E-state index is 10.8. The smallest absolute Gasteiger partial charge is 0.349 e. The molecule has 0 heterocycles. The number of hydroxylamine groups is 1. The highest BCUT2D eigenvalue weighted by Gasteiger charge is 2.24. The molecule has 1 rings (SSSR count). The molecule has 0 aromatic heterocycles. The fraction of sp³-hybridized carbons (Fsp3) is 0.538. The Morgan fingerprint density at radius 3 is 2.33 bits per heavy atom. The number of hydrogen-bond acceptors (Lipinski definition) is 6. The fourth-order valence-corrected chi connectivity index (χ4v) is 1.80. The lowest BCUT2D eigenvalue weighted by Crippen LogP contribution is -2.19. The molecule has 1 N–H and O–H groups in total. The minimum Gasteiger partial charge on any atom is -0.408 e. The molecule has 0 atom stereocenters. The van der Waals surface area contributed by atoms with Gasteiger partial charge < -0.3 is 4.84 Å². The van der Waals surface area contributed by atoms with Crippen molar-refractivity contribution in [2.24, 2.45) is 0 Å². The van der Waals surface area contributed by atoms with Gasteiger partial charge in [0.1, 0.15) is 0 Å². The van der Waals surface area contributed by atoms with Crippen molar-refractivity contribution in [1.82, 2.24) is 5.48 Å². The third-order valence-electron chi connectivity index (χ3n) is 2.91. The molecule has 0 amide bonds. The van der Waals surface area contributed by atoms with E-state index in [0.717, 1.165) is 25.0 Å². The number of unbranched alkanes of at least 4 members (excludes halogenated alkanes) is 4. The summed E-state index contributed by atoms with van der Waals surface area (Å²) in [6, 6.07) is 3.44. The first-order chi connectivity index (χ1) is 10.1. The van der Waals surface area contributed by atoms with Crippen LogP contribution < -0.4 is 10.3 Å². The number of hydrogen-bond donors (Lipinski definition) is 1. The molecular formula is C13H19N3O5. The molecule has 8 heteroatoms. The Bertz CT molecular complexity index is 493. The molecule has 8 nitrogen and oxygen atoms in total. The first-order valence-electron chi connectivity index (χ1n) is 6.88. The third kappa shape index (κ3) is 5.74. The highest BCUT2D eigenvalue weighted by atomic mass is 16.7. The molecule has 0 fully saturated rings. The van der Waals surface area contributed by atoms with E-state index in [0.29, 0.717) is 6.54 Å². The van der Waals surface area contributed by atoms with Gasteiger partial charge >= 0.3 is 11.4 Å². The first-order valence-corrected chi connectivity index (χ1v) is 6.88. The molecule has 116 valence electrons. The highest BCUT2D eigenvalue weighted by molar-refractivity contribution is 5.55. The van der Waals surface area contributed by atoms with E-state index in [4.69, 9.17) is 4.84 Å². The van der Waals surface area contributed by atoms with E-state index in [1.165, 1.54) is 25.3 Å². The molecule has 0 aliphatic rings. The maximum atomic E-state index is 10.8. The van der Waals surface area contributed by atoms with E-state index < -0.39 is 21.2 Å². The lowest BCUT2D eigenvalue weighted by atomic mass is 10.2. The zero-order valence-electron chi connectivity index (χ0n) is 11.9. The average molecular weight is 297 g/mol. The number of nitro benzene ring substituents is 2. The molecule has 1 aromatic carbocycles.